The zero-order chi connectivity index (χ0) is 21.6. The summed E-state index contributed by atoms with van der Waals surface area (Å²) in [7, 11) is -4.18. The Morgan fingerprint density at radius 2 is 1.84 bits per heavy atom. The average molecular weight is 439 g/mol. The number of sulfonamides is 1. The summed E-state index contributed by atoms with van der Waals surface area (Å²) < 4.78 is 40.0. The van der Waals surface area contributed by atoms with E-state index in [-0.39, 0.29) is 22.7 Å². The van der Waals surface area contributed by atoms with Crippen LogP contribution in [0.15, 0.2) is 65.6 Å². The van der Waals surface area contributed by atoms with Gasteiger partial charge in [0.05, 0.1) is 4.90 Å². The third kappa shape index (κ3) is 3.51. The molecule has 2 aliphatic rings. The molecule has 31 heavy (non-hydrogen) atoms. The average Bonchev–Trinajstić information content (AvgIpc) is 3.35. The Hall–Kier alpha value is -3.10. The van der Waals surface area contributed by atoms with E-state index in [9.17, 15) is 18.3 Å². The zero-order valence-corrected chi connectivity index (χ0v) is 17.3. The monoisotopic (exact) mass is 439 g/mol. The first-order valence-corrected chi connectivity index (χ1v) is 11.6. The SMILES string of the molecule is O=C(O)C(NS(=O)(=O)c1cccc2ccccc12)Oc1cccc2c1OC1CCCC21. The van der Waals surface area contributed by atoms with Gasteiger partial charge in [0.15, 0.2) is 11.5 Å². The molecule has 160 valence electrons. The Morgan fingerprint density at radius 1 is 1.06 bits per heavy atom. The minimum atomic E-state index is -4.18. The second kappa shape index (κ2) is 7.55. The number of para-hydroxylation sites is 1. The van der Waals surface area contributed by atoms with Gasteiger partial charge in [-0.3, -0.25) is 0 Å². The largest absolute Gasteiger partial charge is 0.486 e. The number of carboxylic acids is 1. The van der Waals surface area contributed by atoms with Crippen LogP contribution in [0.3, 0.4) is 0 Å². The maximum absolute atomic E-state index is 13.1. The van der Waals surface area contributed by atoms with Crippen LogP contribution in [0.5, 0.6) is 11.5 Å². The number of hydrogen-bond acceptors (Lipinski definition) is 5. The molecular formula is C23H21NO6S. The maximum atomic E-state index is 13.1. The zero-order valence-electron chi connectivity index (χ0n) is 16.5. The molecule has 3 aromatic rings. The van der Waals surface area contributed by atoms with Crippen molar-refractivity contribution in [2.45, 2.75) is 42.4 Å². The first-order valence-electron chi connectivity index (χ1n) is 10.1. The first kappa shape index (κ1) is 19.8. The standard InChI is InChI=1S/C23H21NO6S/c25-23(26)22(24-31(27,28)20-13-3-7-14-6-1-2-8-15(14)20)30-19-12-5-10-17-16-9-4-11-18(16)29-21(17)19/h1-3,5-8,10,12-13,16,18,22,24H,4,9,11H2,(H,25,26). The molecule has 3 aromatic carbocycles. The van der Waals surface area contributed by atoms with Gasteiger partial charge in [-0.05, 0) is 36.8 Å². The Labute approximate surface area is 179 Å². The number of hydrogen-bond donors (Lipinski definition) is 2. The van der Waals surface area contributed by atoms with E-state index in [0.717, 1.165) is 30.2 Å². The highest BCUT2D eigenvalue weighted by molar-refractivity contribution is 7.89. The summed E-state index contributed by atoms with van der Waals surface area (Å²) in [6.45, 7) is 0. The summed E-state index contributed by atoms with van der Waals surface area (Å²) in [6, 6.07) is 17.2. The van der Waals surface area contributed by atoms with Crippen LogP contribution in [-0.2, 0) is 14.8 Å². The molecule has 1 fully saturated rings. The molecule has 0 amide bonds. The van der Waals surface area contributed by atoms with Gasteiger partial charge in [0.1, 0.15) is 6.10 Å². The minimum absolute atomic E-state index is 0.00970. The van der Waals surface area contributed by atoms with Gasteiger partial charge in [0.2, 0.25) is 10.0 Å². The molecule has 0 aromatic heterocycles. The van der Waals surface area contributed by atoms with E-state index in [1.165, 1.54) is 6.07 Å². The molecule has 1 saturated carbocycles. The highest BCUT2D eigenvalue weighted by Gasteiger charge is 2.40. The molecule has 8 heteroatoms. The normalized spacial score (nSPS) is 20.6. The van der Waals surface area contributed by atoms with Crippen molar-refractivity contribution in [2.24, 2.45) is 0 Å². The number of rotatable bonds is 6. The van der Waals surface area contributed by atoms with E-state index in [0.29, 0.717) is 11.1 Å². The van der Waals surface area contributed by atoms with Gasteiger partial charge in [-0.15, -0.1) is 0 Å². The van der Waals surface area contributed by atoms with E-state index in [1.54, 1.807) is 48.5 Å². The van der Waals surface area contributed by atoms with Crippen LogP contribution in [0.2, 0.25) is 0 Å². The molecule has 0 radical (unpaired) electrons. The van der Waals surface area contributed by atoms with Crippen LogP contribution in [0.25, 0.3) is 10.8 Å². The molecule has 3 unspecified atom stereocenters. The highest BCUT2D eigenvalue weighted by Crippen LogP contribution is 2.50. The van der Waals surface area contributed by atoms with E-state index < -0.39 is 22.2 Å². The van der Waals surface area contributed by atoms with E-state index in [2.05, 4.69) is 4.72 Å². The lowest BCUT2D eigenvalue weighted by Crippen LogP contribution is -2.44. The van der Waals surface area contributed by atoms with Crippen molar-refractivity contribution < 1.29 is 27.8 Å². The molecule has 1 heterocycles. The van der Waals surface area contributed by atoms with E-state index in [4.69, 9.17) is 9.47 Å². The fraction of sp³-hybridized carbons (Fsp3) is 0.261. The molecule has 5 rings (SSSR count). The van der Waals surface area contributed by atoms with Crippen molar-refractivity contribution in [3.05, 3.63) is 66.2 Å². The quantitative estimate of drug-likeness (QED) is 0.569. The lowest BCUT2D eigenvalue weighted by Gasteiger charge is -2.19. The number of ether oxygens (including phenoxy) is 2. The fourth-order valence-electron chi connectivity index (χ4n) is 4.50. The third-order valence-electron chi connectivity index (χ3n) is 5.90. The van der Waals surface area contributed by atoms with Gasteiger partial charge >= 0.3 is 5.97 Å². The van der Waals surface area contributed by atoms with Crippen LogP contribution in [0.1, 0.15) is 30.7 Å². The molecular weight excluding hydrogens is 418 g/mol. The molecule has 1 aliphatic heterocycles. The van der Waals surface area contributed by atoms with Gasteiger partial charge < -0.3 is 14.6 Å². The number of benzene rings is 3. The summed E-state index contributed by atoms with van der Waals surface area (Å²) in [4.78, 5) is 11.9. The van der Waals surface area contributed by atoms with Crippen LogP contribution in [0.4, 0.5) is 0 Å². The van der Waals surface area contributed by atoms with E-state index in [1.807, 2.05) is 6.07 Å². The second-order valence-corrected chi connectivity index (χ2v) is 9.49. The van der Waals surface area contributed by atoms with Gasteiger partial charge in [-0.1, -0.05) is 48.5 Å². The summed E-state index contributed by atoms with van der Waals surface area (Å²) in [5.41, 5.74) is 0.987. The maximum Gasteiger partial charge on any atom is 0.361 e. The lowest BCUT2D eigenvalue weighted by molar-refractivity contribution is -0.145. The number of carbonyl (C=O) groups is 1. The summed E-state index contributed by atoms with van der Waals surface area (Å²) in [5, 5.41) is 10.9. The number of aliphatic carboxylic acids is 1. The van der Waals surface area contributed by atoms with Gasteiger partial charge in [0, 0.05) is 16.9 Å². The number of nitrogens with one attached hydrogen (secondary N) is 1. The van der Waals surface area contributed by atoms with Crippen molar-refractivity contribution in [1.82, 2.24) is 4.72 Å². The molecule has 0 bridgehead atoms. The van der Waals surface area contributed by atoms with Gasteiger partial charge in [0.25, 0.3) is 6.23 Å². The molecule has 1 aliphatic carbocycles. The van der Waals surface area contributed by atoms with Crippen molar-refractivity contribution in [1.29, 1.82) is 0 Å². The Bertz CT molecular complexity index is 1270. The third-order valence-corrected chi connectivity index (χ3v) is 7.36. The first-order chi connectivity index (χ1) is 14.9. The summed E-state index contributed by atoms with van der Waals surface area (Å²) >= 11 is 0. The van der Waals surface area contributed by atoms with Crippen molar-refractivity contribution in [3.63, 3.8) is 0 Å². The number of carboxylic acid groups (broad SMARTS) is 1. The molecule has 0 spiro atoms. The topological polar surface area (TPSA) is 102 Å². The minimum Gasteiger partial charge on any atom is -0.486 e. The second-order valence-electron chi connectivity index (χ2n) is 7.80. The number of fused-ring (bicyclic) bond motifs is 4. The molecule has 3 atom stereocenters. The lowest BCUT2D eigenvalue weighted by atomic mass is 9.97. The summed E-state index contributed by atoms with van der Waals surface area (Å²) in [6.07, 6.45) is 1.30. The van der Waals surface area contributed by atoms with Crippen LogP contribution in [-0.4, -0.2) is 31.8 Å². The van der Waals surface area contributed by atoms with Crippen LogP contribution in [0, 0.1) is 0 Å². The van der Waals surface area contributed by atoms with Crippen LogP contribution < -0.4 is 14.2 Å². The Kier molecular flexibility index (Phi) is 4.83. The molecule has 7 nitrogen and oxygen atoms in total. The van der Waals surface area contributed by atoms with Gasteiger partial charge in [-0.2, -0.15) is 4.72 Å². The smallest absolute Gasteiger partial charge is 0.361 e. The van der Waals surface area contributed by atoms with Crippen LogP contribution >= 0.6 is 0 Å². The van der Waals surface area contributed by atoms with Crippen molar-refractivity contribution in [2.75, 3.05) is 0 Å². The van der Waals surface area contributed by atoms with Gasteiger partial charge in [-0.25, -0.2) is 13.2 Å². The fourth-order valence-corrected chi connectivity index (χ4v) is 5.80. The predicted octanol–water partition coefficient (Wildman–Crippen LogP) is 3.64. The Balaban J connectivity index is 1.45. The Morgan fingerprint density at radius 3 is 2.68 bits per heavy atom. The van der Waals surface area contributed by atoms with Crippen molar-refractivity contribution in [3.8, 4) is 11.5 Å². The summed E-state index contributed by atoms with van der Waals surface area (Å²) in [5.74, 6) is -0.443. The highest BCUT2D eigenvalue weighted by atomic mass is 32.2. The molecule has 2 N–H and O–H groups in total. The molecule has 0 saturated heterocycles. The predicted molar refractivity (Wildman–Crippen MR) is 114 cm³/mol. The van der Waals surface area contributed by atoms with E-state index >= 15 is 0 Å². The van der Waals surface area contributed by atoms with Crippen molar-refractivity contribution >= 4 is 26.8 Å².